The molecule has 0 aromatic carbocycles. The normalized spacial score (nSPS) is 20.6. The second-order valence-electron chi connectivity index (χ2n) is 19.1. The Morgan fingerprint density at radius 1 is 0.319 bits per heavy atom. The fourth-order valence-corrected chi connectivity index (χ4v) is 6.32. The van der Waals surface area contributed by atoms with Crippen LogP contribution in [0.1, 0.15) is 155 Å². The Labute approximate surface area is 295 Å². The lowest BCUT2D eigenvalue weighted by Crippen LogP contribution is -2.44. The largest absolute Gasteiger partial charge is 0.349 e. The van der Waals surface area contributed by atoms with Crippen LogP contribution in [0, 0.1) is 0 Å². The van der Waals surface area contributed by atoms with Crippen molar-refractivity contribution in [1.29, 1.82) is 0 Å². The Kier molecular flexibility index (Phi) is 18.6. The van der Waals surface area contributed by atoms with Crippen molar-refractivity contribution in [2.75, 3.05) is 52.4 Å². The molecule has 1 aromatic rings. The first-order valence-corrected chi connectivity index (χ1v) is 19.3. The van der Waals surface area contributed by atoms with Crippen LogP contribution < -0.4 is 0 Å². The Balaban J connectivity index is 0.000000294. The molecule has 0 unspecified atom stereocenters. The molecule has 0 atom stereocenters. The minimum Gasteiger partial charge on any atom is -0.349 e. The van der Waals surface area contributed by atoms with Crippen LogP contribution in [0.4, 0.5) is 0 Å². The van der Waals surface area contributed by atoms with E-state index in [-0.39, 0.29) is 5.54 Å². The fourth-order valence-electron chi connectivity index (χ4n) is 6.32. The van der Waals surface area contributed by atoms with Crippen LogP contribution in [0.5, 0.6) is 0 Å². The van der Waals surface area contributed by atoms with E-state index < -0.39 is 0 Å². The molecule has 4 aliphatic rings. The predicted octanol–water partition coefficient (Wildman–Crippen LogP) is 10.3. The standard InChI is InChI=1S/2C9H19N.C8H17N.C8H15N.C8H13N/c2*1-9(2,3)10-7-5-4-6-8-10;3*1-8(2,3)9-6-4-5-7-9/h2*4-8H2,1-3H3;4-7H2,1-3H3;4-5H,6-7H2,1-3H3;4-7H,1-3H3. The topological polar surface area (TPSA) is 17.9 Å². The van der Waals surface area contributed by atoms with Crippen LogP contribution in [0.15, 0.2) is 36.7 Å². The molecule has 4 aliphatic heterocycles. The predicted molar refractivity (Wildman–Crippen MR) is 211 cm³/mol. The highest BCUT2D eigenvalue weighted by molar-refractivity contribution is 4.99. The Hall–Kier alpha value is -1.14. The van der Waals surface area contributed by atoms with E-state index in [2.05, 4.69) is 153 Å². The number of likely N-dealkylation sites (tertiary alicyclic amines) is 3. The molecule has 3 saturated heterocycles. The minimum atomic E-state index is 0.240. The number of piperidine rings is 2. The molecule has 47 heavy (non-hydrogen) atoms. The summed E-state index contributed by atoms with van der Waals surface area (Å²) in [6.45, 7) is 44.1. The highest BCUT2D eigenvalue weighted by Crippen LogP contribution is 2.21. The third-order valence-corrected chi connectivity index (χ3v) is 9.81. The van der Waals surface area contributed by atoms with E-state index in [1.807, 2.05) is 12.1 Å². The minimum absolute atomic E-state index is 0.240. The van der Waals surface area contributed by atoms with E-state index in [4.69, 9.17) is 0 Å². The molecule has 5 nitrogen and oxygen atoms in total. The molecular formula is C42H83N5. The molecular weight excluding hydrogens is 574 g/mol. The van der Waals surface area contributed by atoms with Crippen LogP contribution in [0.3, 0.4) is 0 Å². The SMILES string of the molecule is CC(C)(C)N1CC=CC1.CC(C)(C)N1CCCC1.CC(C)(C)N1CCCCC1.CC(C)(C)N1CCCCC1.CC(C)(C)n1cccc1. The maximum Gasteiger partial charge on any atom is 0.0355 e. The summed E-state index contributed by atoms with van der Waals surface area (Å²) < 4.78 is 2.19. The zero-order valence-electron chi connectivity index (χ0n) is 34.5. The van der Waals surface area contributed by atoms with Gasteiger partial charge in [0.1, 0.15) is 0 Å². The molecule has 0 saturated carbocycles. The van der Waals surface area contributed by atoms with Crippen LogP contribution in [-0.2, 0) is 5.54 Å². The summed E-state index contributed by atoms with van der Waals surface area (Å²) in [6.07, 6.45) is 19.9. The number of rotatable bonds is 0. The molecule has 0 N–H and O–H groups in total. The number of aromatic nitrogens is 1. The van der Waals surface area contributed by atoms with Gasteiger partial charge in [0.2, 0.25) is 0 Å². The van der Waals surface area contributed by atoms with E-state index in [0.717, 1.165) is 13.1 Å². The van der Waals surface area contributed by atoms with Crippen molar-refractivity contribution in [3.63, 3.8) is 0 Å². The summed E-state index contributed by atoms with van der Waals surface area (Å²) in [5, 5.41) is 0. The molecule has 0 bridgehead atoms. The maximum atomic E-state index is 2.58. The summed E-state index contributed by atoms with van der Waals surface area (Å²) in [7, 11) is 0. The van der Waals surface area contributed by atoms with Crippen molar-refractivity contribution in [3.05, 3.63) is 36.7 Å². The van der Waals surface area contributed by atoms with Gasteiger partial charge in [0.05, 0.1) is 0 Å². The molecule has 0 amide bonds. The summed E-state index contributed by atoms with van der Waals surface area (Å²) in [5.41, 5.74) is 1.81. The lowest BCUT2D eigenvalue weighted by molar-refractivity contribution is 0.110. The Bertz CT molecular complexity index is 878. The van der Waals surface area contributed by atoms with Gasteiger partial charge in [-0.1, -0.05) is 25.0 Å². The van der Waals surface area contributed by atoms with Gasteiger partial charge in [0, 0.05) is 53.2 Å². The smallest absolute Gasteiger partial charge is 0.0355 e. The molecule has 5 rings (SSSR count). The lowest BCUT2D eigenvalue weighted by atomic mass is 10.0. The first kappa shape index (κ1) is 43.9. The van der Waals surface area contributed by atoms with Gasteiger partial charge >= 0.3 is 0 Å². The fraction of sp³-hybridized carbons (Fsp3) is 0.857. The molecule has 0 spiro atoms. The zero-order chi connectivity index (χ0) is 35.9. The van der Waals surface area contributed by atoms with Gasteiger partial charge in [-0.2, -0.15) is 0 Å². The first-order chi connectivity index (χ1) is 21.5. The van der Waals surface area contributed by atoms with Gasteiger partial charge in [-0.3, -0.25) is 19.6 Å². The molecule has 5 heteroatoms. The molecule has 0 radical (unpaired) electrons. The summed E-state index contributed by atoms with van der Waals surface area (Å²) in [6, 6.07) is 4.09. The average Bonchev–Trinajstić information content (AvgIpc) is 3.77. The van der Waals surface area contributed by atoms with Crippen molar-refractivity contribution < 1.29 is 0 Å². The third kappa shape index (κ3) is 19.0. The average molecular weight is 658 g/mol. The quantitative estimate of drug-likeness (QED) is 0.258. The van der Waals surface area contributed by atoms with E-state index in [9.17, 15) is 0 Å². The van der Waals surface area contributed by atoms with Gasteiger partial charge in [-0.15, -0.1) is 0 Å². The molecule has 1 aromatic heterocycles. The highest BCUT2D eigenvalue weighted by atomic mass is 15.2. The van der Waals surface area contributed by atoms with Gasteiger partial charge in [0.15, 0.2) is 0 Å². The molecule has 3 fully saturated rings. The van der Waals surface area contributed by atoms with Crippen molar-refractivity contribution in [3.8, 4) is 0 Å². The van der Waals surface area contributed by atoms with Crippen molar-refractivity contribution in [2.45, 2.75) is 183 Å². The summed E-state index contributed by atoms with van der Waals surface area (Å²) >= 11 is 0. The van der Waals surface area contributed by atoms with E-state index in [1.54, 1.807) is 0 Å². The number of hydrogen-bond donors (Lipinski definition) is 0. The van der Waals surface area contributed by atoms with Crippen LogP contribution >= 0.6 is 0 Å². The van der Waals surface area contributed by atoms with E-state index in [0.29, 0.717) is 22.2 Å². The maximum absolute atomic E-state index is 2.58. The van der Waals surface area contributed by atoms with E-state index in [1.165, 1.54) is 90.6 Å². The van der Waals surface area contributed by atoms with Crippen molar-refractivity contribution >= 4 is 0 Å². The first-order valence-electron chi connectivity index (χ1n) is 19.3. The molecule has 0 aliphatic carbocycles. The third-order valence-electron chi connectivity index (χ3n) is 9.81. The highest BCUT2D eigenvalue weighted by Gasteiger charge is 2.24. The van der Waals surface area contributed by atoms with Crippen LogP contribution in [-0.4, -0.2) is 98.7 Å². The second kappa shape index (κ2) is 19.9. The van der Waals surface area contributed by atoms with Crippen LogP contribution in [0.25, 0.3) is 0 Å². The summed E-state index contributed by atoms with van der Waals surface area (Å²) in [5.74, 6) is 0. The van der Waals surface area contributed by atoms with Crippen molar-refractivity contribution in [2.24, 2.45) is 0 Å². The number of hydrogen-bond acceptors (Lipinski definition) is 4. The van der Waals surface area contributed by atoms with Gasteiger partial charge in [-0.05, 0) is 194 Å². The van der Waals surface area contributed by atoms with Gasteiger partial charge < -0.3 is 4.57 Å². The Morgan fingerprint density at radius 3 is 0.745 bits per heavy atom. The summed E-state index contributed by atoms with van der Waals surface area (Å²) in [4.78, 5) is 10.1. The monoisotopic (exact) mass is 658 g/mol. The van der Waals surface area contributed by atoms with Crippen LogP contribution in [0.2, 0.25) is 0 Å². The van der Waals surface area contributed by atoms with Crippen molar-refractivity contribution in [1.82, 2.24) is 24.2 Å². The van der Waals surface area contributed by atoms with Gasteiger partial charge in [0.25, 0.3) is 0 Å². The lowest BCUT2D eigenvalue weighted by Gasteiger charge is -2.38. The molecule has 276 valence electrons. The molecule has 5 heterocycles. The zero-order valence-corrected chi connectivity index (χ0v) is 34.5. The second-order valence-corrected chi connectivity index (χ2v) is 19.1. The van der Waals surface area contributed by atoms with E-state index >= 15 is 0 Å². The Morgan fingerprint density at radius 2 is 0.574 bits per heavy atom. The number of nitrogens with zero attached hydrogens (tertiary/aromatic N) is 5. The van der Waals surface area contributed by atoms with Gasteiger partial charge in [-0.25, -0.2) is 0 Å².